The molecule has 0 radical (unpaired) electrons. The Labute approximate surface area is 177 Å². The molecule has 1 aromatic heterocycles. The average molecular weight is 426 g/mol. The number of halogens is 3. The van der Waals surface area contributed by atoms with E-state index in [1.807, 2.05) is 24.3 Å². The monoisotopic (exact) mass is 426 g/mol. The van der Waals surface area contributed by atoms with Crippen molar-refractivity contribution < 1.29 is 18.0 Å². The van der Waals surface area contributed by atoms with Gasteiger partial charge in [0.05, 0.1) is 11.1 Å². The van der Waals surface area contributed by atoms with E-state index in [0.717, 1.165) is 47.5 Å². The molecule has 0 spiro atoms. The van der Waals surface area contributed by atoms with Gasteiger partial charge in [-0.2, -0.15) is 13.2 Å². The molecule has 2 aliphatic rings. The summed E-state index contributed by atoms with van der Waals surface area (Å²) in [4.78, 5) is 26.2. The van der Waals surface area contributed by atoms with E-state index in [2.05, 4.69) is 4.90 Å². The van der Waals surface area contributed by atoms with Gasteiger partial charge in [0, 0.05) is 43.0 Å². The Kier molecular flexibility index (Phi) is 4.79. The number of aromatic nitrogens is 2. The van der Waals surface area contributed by atoms with Gasteiger partial charge in [-0.25, -0.2) is 9.97 Å². The summed E-state index contributed by atoms with van der Waals surface area (Å²) in [5.74, 6) is 1.97. The number of amides is 1. The highest BCUT2D eigenvalue weighted by molar-refractivity contribution is 5.94. The number of alkyl halides is 3. The van der Waals surface area contributed by atoms with Gasteiger partial charge in [-0.05, 0) is 49.2 Å². The lowest BCUT2D eigenvalue weighted by Gasteiger charge is -2.36. The highest BCUT2D eigenvalue weighted by Gasteiger charge is 2.31. The van der Waals surface area contributed by atoms with Crippen LogP contribution in [0.1, 0.15) is 40.5 Å². The lowest BCUT2D eigenvalue weighted by atomic mass is 10.1. The molecule has 0 bridgehead atoms. The summed E-state index contributed by atoms with van der Waals surface area (Å²) in [6.07, 6.45) is -2.17. The molecule has 5 rings (SSSR count). The third-order valence-electron chi connectivity index (χ3n) is 5.87. The fraction of sp³-hybridized carbons (Fsp3) is 0.348. The molecule has 2 fully saturated rings. The minimum atomic E-state index is -4.41. The van der Waals surface area contributed by atoms with Crippen molar-refractivity contribution >= 4 is 22.6 Å². The Balaban J connectivity index is 1.32. The standard InChI is InChI=1S/C23H21F3N4O/c24-23(25,26)17-9-7-16(8-10-17)22(31)30-13-11-29(12-14-30)21-18-3-1-2-4-19(18)27-20(28-21)15-5-6-15/h1-4,7-10,15H,5-6,11-14H2. The van der Waals surface area contributed by atoms with Crippen LogP contribution in [-0.2, 0) is 6.18 Å². The van der Waals surface area contributed by atoms with Crippen molar-refractivity contribution in [2.75, 3.05) is 31.1 Å². The SMILES string of the molecule is O=C(c1ccc(C(F)(F)F)cc1)N1CCN(c2nc(C3CC3)nc3ccccc23)CC1. The van der Waals surface area contributed by atoms with Gasteiger partial charge < -0.3 is 9.80 Å². The molecular formula is C23H21F3N4O. The molecule has 2 heterocycles. The van der Waals surface area contributed by atoms with Crippen molar-refractivity contribution in [2.45, 2.75) is 24.9 Å². The molecule has 3 aromatic rings. The largest absolute Gasteiger partial charge is 0.416 e. The van der Waals surface area contributed by atoms with Crippen LogP contribution in [0.15, 0.2) is 48.5 Å². The van der Waals surface area contributed by atoms with Crippen LogP contribution in [0.3, 0.4) is 0 Å². The van der Waals surface area contributed by atoms with Crippen LogP contribution in [0.25, 0.3) is 10.9 Å². The first-order chi connectivity index (χ1) is 14.9. The van der Waals surface area contributed by atoms with E-state index < -0.39 is 11.7 Å². The Hall–Kier alpha value is -3.16. The zero-order valence-corrected chi connectivity index (χ0v) is 16.8. The quantitative estimate of drug-likeness (QED) is 0.619. The number of nitrogens with zero attached hydrogens (tertiary/aromatic N) is 4. The Morgan fingerprint density at radius 1 is 0.903 bits per heavy atom. The van der Waals surface area contributed by atoms with Gasteiger partial charge in [0.2, 0.25) is 0 Å². The number of hydrogen-bond donors (Lipinski definition) is 0. The molecule has 1 amide bonds. The normalized spacial score (nSPS) is 17.3. The van der Waals surface area contributed by atoms with E-state index >= 15 is 0 Å². The van der Waals surface area contributed by atoms with Gasteiger partial charge in [-0.15, -0.1) is 0 Å². The zero-order valence-electron chi connectivity index (χ0n) is 16.8. The number of fused-ring (bicyclic) bond motifs is 1. The van der Waals surface area contributed by atoms with E-state index in [1.54, 1.807) is 4.90 Å². The van der Waals surface area contributed by atoms with Gasteiger partial charge in [-0.3, -0.25) is 4.79 Å². The highest BCUT2D eigenvalue weighted by Crippen LogP contribution is 2.40. The van der Waals surface area contributed by atoms with Crippen molar-refractivity contribution in [1.82, 2.24) is 14.9 Å². The smallest absolute Gasteiger partial charge is 0.352 e. The minimum absolute atomic E-state index is 0.250. The van der Waals surface area contributed by atoms with E-state index in [4.69, 9.17) is 9.97 Å². The van der Waals surface area contributed by atoms with Crippen LogP contribution in [0.4, 0.5) is 19.0 Å². The van der Waals surface area contributed by atoms with Crippen molar-refractivity contribution in [3.05, 3.63) is 65.5 Å². The molecular weight excluding hydrogens is 405 g/mol. The second-order valence-electron chi connectivity index (χ2n) is 8.05. The number of benzene rings is 2. The predicted molar refractivity (Wildman–Crippen MR) is 111 cm³/mol. The number of anilines is 1. The molecule has 1 saturated heterocycles. The van der Waals surface area contributed by atoms with Crippen LogP contribution in [0.5, 0.6) is 0 Å². The van der Waals surface area contributed by atoms with E-state index in [0.29, 0.717) is 32.1 Å². The number of piperazine rings is 1. The van der Waals surface area contributed by atoms with Gasteiger partial charge in [-0.1, -0.05) is 12.1 Å². The fourth-order valence-corrected chi connectivity index (χ4v) is 3.95. The zero-order chi connectivity index (χ0) is 21.6. The number of para-hydroxylation sites is 1. The van der Waals surface area contributed by atoms with Gasteiger partial charge in [0.25, 0.3) is 5.91 Å². The Morgan fingerprint density at radius 2 is 1.58 bits per heavy atom. The number of hydrogen-bond acceptors (Lipinski definition) is 4. The van der Waals surface area contributed by atoms with Crippen LogP contribution in [0, 0.1) is 0 Å². The topological polar surface area (TPSA) is 49.3 Å². The molecule has 1 saturated carbocycles. The van der Waals surface area contributed by atoms with E-state index in [1.165, 1.54) is 12.1 Å². The fourth-order valence-electron chi connectivity index (χ4n) is 3.95. The third-order valence-corrected chi connectivity index (χ3v) is 5.87. The summed E-state index contributed by atoms with van der Waals surface area (Å²) in [5, 5.41) is 0.995. The average Bonchev–Trinajstić information content (AvgIpc) is 3.63. The number of carbonyl (C=O) groups is 1. The van der Waals surface area contributed by atoms with Crippen LogP contribution < -0.4 is 4.90 Å². The first kappa shape index (κ1) is 19.8. The van der Waals surface area contributed by atoms with Crippen molar-refractivity contribution in [2.24, 2.45) is 0 Å². The van der Waals surface area contributed by atoms with Crippen molar-refractivity contribution in [3.8, 4) is 0 Å². The first-order valence-electron chi connectivity index (χ1n) is 10.4. The first-order valence-corrected chi connectivity index (χ1v) is 10.4. The summed E-state index contributed by atoms with van der Waals surface area (Å²) in [6, 6.07) is 12.4. The summed E-state index contributed by atoms with van der Waals surface area (Å²) >= 11 is 0. The second kappa shape index (κ2) is 7.51. The van der Waals surface area contributed by atoms with Crippen LogP contribution in [-0.4, -0.2) is 47.0 Å². The molecule has 160 valence electrons. The maximum atomic E-state index is 12.8. The van der Waals surface area contributed by atoms with Gasteiger partial charge in [0.15, 0.2) is 0 Å². The molecule has 1 aliphatic heterocycles. The summed E-state index contributed by atoms with van der Waals surface area (Å²) < 4.78 is 38.3. The summed E-state index contributed by atoms with van der Waals surface area (Å²) in [5.41, 5.74) is 0.443. The van der Waals surface area contributed by atoms with Crippen molar-refractivity contribution in [3.63, 3.8) is 0 Å². The van der Waals surface area contributed by atoms with Gasteiger partial charge in [0.1, 0.15) is 11.6 Å². The maximum absolute atomic E-state index is 12.8. The third kappa shape index (κ3) is 3.94. The Morgan fingerprint density at radius 3 is 2.23 bits per heavy atom. The molecule has 1 aliphatic carbocycles. The lowest BCUT2D eigenvalue weighted by Crippen LogP contribution is -2.49. The highest BCUT2D eigenvalue weighted by atomic mass is 19.4. The number of rotatable bonds is 3. The van der Waals surface area contributed by atoms with Gasteiger partial charge >= 0.3 is 6.18 Å². The molecule has 5 nitrogen and oxygen atoms in total. The lowest BCUT2D eigenvalue weighted by molar-refractivity contribution is -0.137. The molecule has 0 unspecified atom stereocenters. The predicted octanol–water partition coefficient (Wildman–Crippen LogP) is 4.49. The molecule has 31 heavy (non-hydrogen) atoms. The minimum Gasteiger partial charge on any atom is -0.352 e. The van der Waals surface area contributed by atoms with Crippen LogP contribution >= 0.6 is 0 Å². The van der Waals surface area contributed by atoms with Crippen molar-refractivity contribution in [1.29, 1.82) is 0 Å². The summed E-state index contributed by atoms with van der Waals surface area (Å²) in [6.45, 7) is 2.18. The molecule has 8 heteroatoms. The Bertz CT molecular complexity index is 1120. The van der Waals surface area contributed by atoms with E-state index in [9.17, 15) is 18.0 Å². The van der Waals surface area contributed by atoms with E-state index in [-0.39, 0.29) is 11.5 Å². The molecule has 0 N–H and O–H groups in total. The second-order valence-corrected chi connectivity index (χ2v) is 8.05. The summed E-state index contributed by atoms with van der Waals surface area (Å²) in [7, 11) is 0. The molecule has 2 aromatic carbocycles. The molecule has 0 atom stereocenters. The van der Waals surface area contributed by atoms with Crippen LogP contribution in [0.2, 0.25) is 0 Å². The number of carbonyl (C=O) groups excluding carboxylic acids is 1. The maximum Gasteiger partial charge on any atom is 0.416 e.